The molecule has 94 valence electrons. The topological polar surface area (TPSA) is 46.6 Å². The van der Waals surface area contributed by atoms with Crippen molar-refractivity contribution in [1.29, 1.82) is 0 Å². The molecule has 0 saturated carbocycles. The maximum atomic E-state index is 12.2. The molecule has 2 heterocycles. The van der Waals surface area contributed by atoms with Gasteiger partial charge in [0, 0.05) is 19.5 Å². The fourth-order valence-corrected chi connectivity index (χ4v) is 2.61. The lowest BCUT2D eigenvalue weighted by molar-refractivity contribution is -0.139. The highest BCUT2D eigenvalue weighted by molar-refractivity contribution is 5.95. The highest BCUT2D eigenvalue weighted by atomic mass is 16.5. The van der Waals surface area contributed by atoms with Crippen molar-refractivity contribution < 1.29 is 14.3 Å². The van der Waals surface area contributed by atoms with Gasteiger partial charge in [0.05, 0.1) is 5.56 Å². The van der Waals surface area contributed by atoms with Gasteiger partial charge in [-0.25, -0.2) is 4.79 Å². The van der Waals surface area contributed by atoms with Gasteiger partial charge < -0.3 is 9.64 Å². The number of benzene rings is 1. The number of hydrogen-bond acceptors (Lipinski definition) is 3. The minimum Gasteiger partial charge on any atom is -0.448 e. The molecule has 1 amide bonds. The van der Waals surface area contributed by atoms with E-state index in [1.165, 1.54) is 0 Å². The van der Waals surface area contributed by atoms with Crippen LogP contribution in [0.3, 0.4) is 0 Å². The SMILES string of the molecule is O=C1O[C@@H](C(=O)N2CCCC2)Cc2ccccc21. The van der Waals surface area contributed by atoms with Crippen LogP contribution in [0.4, 0.5) is 0 Å². The molecular weight excluding hydrogens is 230 g/mol. The maximum Gasteiger partial charge on any atom is 0.339 e. The number of cyclic esters (lactones) is 1. The number of likely N-dealkylation sites (tertiary alicyclic amines) is 1. The van der Waals surface area contributed by atoms with Crippen LogP contribution >= 0.6 is 0 Å². The van der Waals surface area contributed by atoms with Crippen LogP contribution in [0.25, 0.3) is 0 Å². The van der Waals surface area contributed by atoms with E-state index in [4.69, 9.17) is 4.74 Å². The van der Waals surface area contributed by atoms with Gasteiger partial charge in [0.25, 0.3) is 5.91 Å². The predicted molar refractivity (Wildman–Crippen MR) is 65.2 cm³/mol. The van der Waals surface area contributed by atoms with Crippen molar-refractivity contribution in [2.75, 3.05) is 13.1 Å². The number of nitrogens with zero attached hydrogens (tertiary/aromatic N) is 1. The van der Waals surface area contributed by atoms with Crippen LogP contribution in [0, 0.1) is 0 Å². The van der Waals surface area contributed by atoms with Crippen LogP contribution in [-0.2, 0) is 16.0 Å². The van der Waals surface area contributed by atoms with Gasteiger partial charge in [0.1, 0.15) is 0 Å². The third-order valence-electron chi connectivity index (χ3n) is 3.59. The molecule has 18 heavy (non-hydrogen) atoms. The van der Waals surface area contributed by atoms with E-state index in [9.17, 15) is 9.59 Å². The summed E-state index contributed by atoms with van der Waals surface area (Å²) in [6, 6.07) is 7.33. The van der Waals surface area contributed by atoms with Crippen molar-refractivity contribution in [2.45, 2.75) is 25.4 Å². The van der Waals surface area contributed by atoms with Crippen molar-refractivity contribution >= 4 is 11.9 Å². The minimum absolute atomic E-state index is 0.0460. The van der Waals surface area contributed by atoms with Gasteiger partial charge in [-0.1, -0.05) is 18.2 Å². The number of amides is 1. The van der Waals surface area contributed by atoms with Crippen LogP contribution in [0.2, 0.25) is 0 Å². The lowest BCUT2D eigenvalue weighted by Gasteiger charge is -2.27. The van der Waals surface area contributed by atoms with Crippen molar-refractivity contribution in [3.8, 4) is 0 Å². The summed E-state index contributed by atoms with van der Waals surface area (Å²) in [5, 5.41) is 0. The maximum absolute atomic E-state index is 12.2. The standard InChI is InChI=1S/C14H15NO3/c16-13(15-7-3-4-8-15)12-9-10-5-1-2-6-11(10)14(17)18-12/h1-2,5-6,12H,3-4,7-9H2/t12-/m1/s1. The third-order valence-corrected chi connectivity index (χ3v) is 3.59. The van der Waals surface area contributed by atoms with Crippen molar-refractivity contribution in [2.24, 2.45) is 0 Å². The lowest BCUT2D eigenvalue weighted by Crippen LogP contribution is -2.43. The molecule has 1 aromatic carbocycles. The summed E-state index contributed by atoms with van der Waals surface area (Å²) in [5.74, 6) is -0.426. The highest BCUT2D eigenvalue weighted by Crippen LogP contribution is 2.22. The van der Waals surface area contributed by atoms with E-state index in [2.05, 4.69) is 0 Å². The van der Waals surface area contributed by atoms with Crippen molar-refractivity contribution in [3.05, 3.63) is 35.4 Å². The lowest BCUT2D eigenvalue weighted by atomic mass is 9.98. The number of carbonyl (C=O) groups is 2. The first-order valence-corrected chi connectivity index (χ1v) is 6.33. The van der Waals surface area contributed by atoms with Gasteiger partial charge in [-0.05, 0) is 24.5 Å². The van der Waals surface area contributed by atoms with E-state index in [0.717, 1.165) is 31.5 Å². The summed E-state index contributed by atoms with van der Waals surface area (Å²) in [6.07, 6.45) is 1.95. The smallest absolute Gasteiger partial charge is 0.339 e. The van der Waals surface area contributed by atoms with Crippen LogP contribution < -0.4 is 0 Å². The molecule has 4 nitrogen and oxygen atoms in total. The summed E-state index contributed by atoms with van der Waals surface area (Å²) in [4.78, 5) is 25.8. The van der Waals surface area contributed by atoms with E-state index < -0.39 is 6.10 Å². The fraction of sp³-hybridized carbons (Fsp3) is 0.429. The van der Waals surface area contributed by atoms with Crippen LogP contribution in [0.1, 0.15) is 28.8 Å². The van der Waals surface area contributed by atoms with Crippen molar-refractivity contribution in [3.63, 3.8) is 0 Å². The van der Waals surface area contributed by atoms with Gasteiger partial charge in [-0.3, -0.25) is 4.79 Å². The molecule has 1 atom stereocenters. The fourth-order valence-electron chi connectivity index (χ4n) is 2.61. The Balaban J connectivity index is 1.81. The molecule has 0 radical (unpaired) electrons. The summed E-state index contributed by atoms with van der Waals surface area (Å²) in [6.45, 7) is 1.57. The number of rotatable bonds is 1. The first kappa shape index (κ1) is 11.3. The Labute approximate surface area is 106 Å². The second-order valence-corrected chi connectivity index (χ2v) is 4.79. The largest absolute Gasteiger partial charge is 0.448 e. The average Bonchev–Trinajstić information content (AvgIpc) is 2.91. The monoisotopic (exact) mass is 245 g/mol. The molecule has 1 fully saturated rings. The molecule has 0 N–H and O–H groups in total. The normalized spacial score (nSPS) is 22.6. The van der Waals surface area contributed by atoms with Crippen LogP contribution in [0.15, 0.2) is 24.3 Å². The van der Waals surface area contributed by atoms with E-state index >= 15 is 0 Å². The zero-order chi connectivity index (χ0) is 12.5. The predicted octanol–water partition coefficient (Wildman–Crippen LogP) is 1.39. The first-order chi connectivity index (χ1) is 8.75. The number of fused-ring (bicyclic) bond motifs is 1. The molecule has 0 aliphatic carbocycles. The Bertz CT molecular complexity index is 492. The van der Waals surface area contributed by atoms with Gasteiger partial charge in [-0.15, -0.1) is 0 Å². The molecular formula is C14H15NO3. The molecule has 1 aromatic rings. The summed E-state index contributed by atoms with van der Waals surface area (Å²) < 4.78 is 5.26. The molecule has 0 unspecified atom stereocenters. The van der Waals surface area contributed by atoms with E-state index in [1.54, 1.807) is 11.0 Å². The van der Waals surface area contributed by atoms with Gasteiger partial charge in [0.15, 0.2) is 6.10 Å². The summed E-state index contributed by atoms with van der Waals surface area (Å²) in [5.41, 5.74) is 1.49. The quantitative estimate of drug-likeness (QED) is 0.702. The molecule has 0 bridgehead atoms. The minimum atomic E-state index is -0.634. The Morgan fingerprint density at radius 2 is 1.94 bits per heavy atom. The number of ether oxygens (including phenoxy) is 1. The van der Waals surface area contributed by atoms with Crippen molar-refractivity contribution in [1.82, 2.24) is 4.90 Å². The Kier molecular flexibility index (Phi) is 2.78. The molecule has 2 aliphatic heterocycles. The van der Waals surface area contributed by atoms with E-state index in [0.29, 0.717) is 12.0 Å². The average molecular weight is 245 g/mol. The second kappa shape index (κ2) is 4.44. The Morgan fingerprint density at radius 1 is 1.22 bits per heavy atom. The molecule has 2 aliphatic rings. The molecule has 0 aromatic heterocycles. The molecule has 3 rings (SSSR count). The molecule has 4 heteroatoms. The summed E-state index contributed by atoms with van der Waals surface area (Å²) >= 11 is 0. The zero-order valence-corrected chi connectivity index (χ0v) is 10.1. The highest BCUT2D eigenvalue weighted by Gasteiger charge is 2.34. The Morgan fingerprint density at radius 3 is 2.72 bits per heavy atom. The van der Waals surface area contributed by atoms with Gasteiger partial charge in [0.2, 0.25) is 0 Å². The zero-order valence-electron chi connectivity index (χ0n) is 10.1. The number of carbonyl (C=O) groups excluding carboxylic acids is 2. The first-order valence-electron chi connectivity index (χ1n) is 6.33. The number of hydrogen-bond donors (Lipinski definition) is 0. The summed E-state index contributed by atoms with van der Waals surface area (Å²) in [7, 11) is 0. The van der Waals surface area contributed by atoms with Gasteiger partial charge in [-0.2, -0.15) is 0 Å². The van der Waals surface area contributed by atoms with Crippen LogP contribution in [-0.4, -0.2) is 36.0 Å². The Hall–Kier alpha value is -1.84. The molecule has 1 saturated heterocycles. The van der Waals surface area contributed by atoms with Crippen LogP contribution in [0.5, 0.6) is 0 Å². The number of esters is 1. The van der Waals surface area contributed by atoms with E-state index in [1.807, 2.05) is 18.2 Å². The third kappa shape index (κ3) is 1.88. The second-order valence-electron chi connectivity index (χ2n) is 4.79. The van der Waals surface area contributed by atoms with E-state index in [-0.39, 0.29) is 11.9 Å². The van der Waals surface area contributed by atoms with Gasteiger partial charge >= 0.3 is 5.97 Å². The molecule has 0 spiro atoms.